The monoisotopic (exact) mass is 523 g/mol. The van der Waals surface area contributed by atoms with Gasteiger partial charge < -0.3 is 9.80 Å². The van der Waals surface area contributed by atoms with Crippen molar-refractivity contribution in [3.05, 3.63) is 94.8 Å². The van der Waals surface area contributed by atoms with Crippen LogP contribution >= 0.6 is 0 Å². The molecule has 1 saturated heterocycles. The number of carbonyl (C=O) groups is 2. The van der Waals surface area contributed by atoms with Gasteiger partial charge in [-0.2, -0.15) is 18.3 Å². The van der Waals surface area contributed by atoms with Gasteiger partial charge >= 0.3 is 6.18 Å². The molecule has 1 aromatic heterocycles. The molecule has 0 radical (unpaired) electrons. The molecule has 0 spiro atoms. The van der Waals surface area contributed by atoms with Gasteiger partial charge in [0.1, 0.15) is 5.69 Å². The topological polar surface area (TPSA) is 61.7 Å². The van der Waals surface area contributed by atoms with Gasteiger partial charge in [-0.05, 0) is 23.3 Å². The largest absolute Gasteiger partial charge is 0.416 e. The number of carbonyl (C=O) groups excluding carboxylic acids is 2. The molecule has 0 N–H and O–H groups in total. The number of fused-ring (bicyclic) bond motifs is 1. The van der Waals surface area contributed by atoms with Crippen molar-refractivity contribution < 1.29 is 22.8 Å². The highest BCUT2D eigenvalue weighted by Gasteiger charge is 2.32. The number of alkyl halides is 3. The van der Waals surface area contributed by atoms with Crippen molar-refractivity contribution >= 4 is 17.9 Å². The summed E-state index contributed by atoms with van der Waals surface area (Å²) in [7, 11) is 0. The standard InChI is InChI=1S/C28H28F3N5O2/c29-28(30,31)23-10-4-8-22(18-23)20-35-16-17-36-25(27(35)38)19-24(32-36)26(37)34-14-12-33(13-15-34)11-5-9-21-6-2-1-3-7-21/h1-10,18-19H,11-17,20H2. The summed E-state index contributed by atoms with van der Waals surface area (Å²) in [5.74, 6) is -0.571. The number of hydrogen-bond donors (Lipinski definition) is 0. The third-order valence-corrected chi connectivity index (χ3v) is 6.85. The van der Waals surface area contributed by atoms with E-state index in [2.05, 4.69) is 22.2 Å². The van der Waals surface area contributed by atoms with E-state index in [1.54, 1.807) is 11.0 Å². The summed E-state index contributed by atoms with van der Waals surface area (Å²) in [6.45, 7) is 4.13. The first-order valence-electron chi connectivity index (χ1n) is 12.5. The highest BCUT2D eigenvalue weighted by molar-refractivity contribution is 5.98. The van der Waals surface area contributed by atoms with Crippen molar-refractivity contribution in [2.45, 2.75) is 19.3 Å². The highest BCUT2D eigenvalue weighted by atomic mass is 19.4. The van der Waals surface area contributed by atoms with Crippen LogP contribution in [0.3, 0.4) is 0 Å². The predicted octanol–water partition coefficient (Wildman–Crippen LogP) is 4.03. The molecule has 5 rings (SSSR count). The van der Waals surface area contributed by atoms with E-state index in [1.807, 2.05) is 30.3 Å². The van der Waals surface area contributed by atoms with Crippen LogP contribution in [0.5, 0.6) is 0 Å². The van der Waals surface area contributed by atoms with E-state index in [0.29, 0.717) is 31.7 Å². The molecular weight excluding hydrogens is 495 g/mol. The Morgan fingerprint density at radius 1 is 0.921 bits per heavy atom. The third-order valence-electron chi connectivity index (χ3n) is 6.85. The molecule has 7 nitrogen and oxygen atoms in total. The van der Waals surface area contributed by atoms with Crippen LogP contribution < -0.4 is 0 Å². The van der Waals surface area contributed by atoms with Gasteiger partial charge in [0.15, 0.2) is 5.69 Å². The number of hydrogen-bond acceptors (Lipinski definition) is 4. The molecule has 38 heavy (non-hydrogen) atoms. The Bertz CT molecular complexity index is 1330. The highest BCUT2D eigenvalue weighted by Crippen LogP contribution is 2.30. The zero-order chi connectivity index (χ0) is 26.7. The molecule has 0 aliphatic carbocycles. The second kappa shape index (κ2) is 10.8. The van der Waals surface area contributed by atoms with Gasteiger partial charge in [0.25, 0.3) is 11.8 Å². The van der Waals surface area contributed by atoms with Crippen molar-refractivity contribution in [3.8, 4) is 0 Å². The molecule has 2 aromatic carbocycles. The van der Waals surface area contributed by atoms with Crippen LogP contribution in [-0.4, -0.2) is 75.6 Å². The van der Waals surface area contributed by atoms with Gasteiger partial charge in [0, 0.05) is 51.9 Å². The summed E-state index contributed by atoms with van der Waals surface area (Å²) in [4.78, 5) is 31.7. The number of benzene rings is 2. The van der Waals surface area contributed by atoms with Crippen LogP contribution in [-0.2, 0) is 19.3 Å². The second-order valence-corrected chi connectivity index (χ2v) is 9.47. The molecule has 3 heterocycles. The zero-order valence-corrected chi connectivity index (χ0v) is 20.8. The van der Waals surface area contributed by atoms with Gasteiger partial charge in [0.2, 0.25) is 0 Å². The Labute approximate surface area is 218 Å². The minimum atomic E-state index is -4.44. The smallest absolute Gasteiger partial charge is 0.335 e. The summed E-state index contributed by atoms with van der Waals surface area (Å²) in [6.07, 6.45) is -0.242. The van der Waals surface area contributed by atoms with Crippen molar-refractivity contribution in [3.63, 3.8) is 0 Å². The number of rotatable bonds is 6. The molecule has 0 bridgehead atoms. The maximum atomic E-state index is 13.1. The maximum Gasteiger partial charge on any atom is 0.416 e. The van der Waals surface area contributed by atoms with Crippen molar-refractivity contribution in [2.24, 2.45) is 0 Å². The summed E-state index contributed by atoms with van der Waals surface area (Å²) >= 11 is 0. The maximum absolute atomic E-state index is 13.1. The molecule has 0 saturated carbocycles. The van der Waals surface area contributed by atoms with E-state index in [4.69, 9.17) is 0 Å². The predicted molar refractivity (Wildman–Crippen MR) is 136 cm³/mol. The van der Waals surface area contributed by atoms with Gasteiger partial charge in [-0.15, -0.1) is 0 Å². The average molecular weight is 524 g/mol. The fraction of sp³-hybridized carbons (Fsp3) is 0.321. The molecule has 0 atom stereocenters. The fourth-order valence-corrected chi connectivity index (χ4v) is 4.76. The third kappa shape index (κ3) is 5.80. The van der Waals surface area contributed by atoms with E-state index in [1.165, 1.54) is 21.7 Å². The average Bonchev–Trinajstić information content (AvgIpc) is 3.36. The molecule has 10 heteroatoms. The number of aromatic nitrogens is 2. The first-order valence-corrected chi connectivity index (χ1v) is 12.5. The minimum absolute atomic E-state index is 0.0535. The molecule has 2 amide bonds. The summed E-state index contributed by atoms with van der Waals surface area (Å²) in [6, 6.07) is 16.6. The van der Waals surface area contributed by atoms with Crippen molar-refractivity contribution in [1.29, 1.82) is 0 Å². The summed E-state index contributed by atoms with van der Waals surface area (Å²) in [5, 5.41) is 4.37. The van der Waals surface area contributed by atoms with E-state index in [0.717, 1.165) is 37.3 Å². The number of halogens is 3. The van der Waals surface area contributed by atoms with Crippen LogP contribution in [0, 0.1) is 0 Å². The molecule has 3 aromatic rings. The summed E-state index contributed by atoms with van der Waals surface area (Å²) in [5.41, 5.74) is 1.29. The van der Waals surface area contributed by atoms with E-state index < -0.39 is 11.7 Å². The normalized spacial score (nSPS) is 16.8. The van der Waals surface area contributed by atoms with Crippen molar-refractivity contribution in [2.75, 3.05) is 39.3 Å². The number of nitrogens with zero attached hydrogens (tertiary/aromatic N) is 5. The molecular formula is C28H28F3N5O2. The zero-order valence-electron chi connectivity index (χ0n) is 20.8. The first-order chi connectivity index (χ1) is 18.3. The summed E-state index contributed by atoms with van der Waals surface area (Å²) < 4.78 is 40.7. The van der Waals surface area contributed by atoms with E-state index in [-0.39, 0.29) is 29.7 Å². The Morgan fingerprint density at radius 2 is 1.68 bits per heavy atom. The molecule has 2 aliphatic rings. The van der Waals surface area contributed by atoms with Crippen LogP contribution in [0.2, 0.25) is 0 Å². The molecule has 1 fully saturated rings. The number of amides is 2. The van der Waals surface area contributed by atoms with Gasteiger partial charge in [-0.1, -0.05) is 54.6 Å². The van der Waals surface area contributed by atoms with Gasteiger partial charge in [-0.3, -0.25) is 19.2 Å². The van der Waals surface area contributed by atoms with Crippen molar-refractivity contribution in [1.82, 2.24) is 24.5 Å². The van der Waals surface area contributed by atoms with Crippen LogP contribution in [0.1, 0.15) is 37.7 Å². The van der Waals surface area contributed by atoms with Crippen LogP contribution in [0.25, 0.3) is 6.08 Å². The van der Waals surface area contributed by atoms with E-state index >= 15 is 0 Å². The Morgan fingerprint density at radius 3 is 2.42 bits per heavy atom. The number of piperazine rings is 1. The molecule has 2 aliphatic heterocycles. The Balaban J connectivity index is 1.17. The van der Waals surface area contributed by atoms with Gasteiger partial charge in [-0.25, -0.2) is 0 Å². The quantitative estimate of drug-likeness (QED) is 0.490. The van der Waals surface area contributed by atoms with Gasteiger partial charge in [0.05, 0.1) is 12.1 Å². The second-order valence-electron chi connectivity index (χ2n) is 9.47. The lowest BCUT2D eigenvalue weighted by Gasteiger charge is -2.33. The SMILES string of the molecule is O=C(c1cc2n(n1)CCN(Cc1cccc(C(F)(F)F)c1)C2=O)N1CCN(CC=Cc2ccccc2)CC1. The Kier molecular flexibility index (Phi) is 7.33. The Hall–Kier alpha value is -3.92. The lowest BCUT2D eigenvalue weighted by molar-refractivity contribution is -0.137. The van der Waals surface area contributed by atoms with E-state index in [9.17, 15) is 22.8 Å². The lowest BCUT2D eigenvalue weighted by Crippen LogP contribution is -2.48. The minimum Gasteiger partial charge on any atom is -0.335 e. The fourth-order valence-electron chi connectivity index (χ4n) is 4.76. The first kappa shape index (κ1) is 25.7. The van der Waals surface area contributed by atoms with Crippen LogP contribution in [0.4, 0.5) is 13.2 Å². The molecule has 0 unspecified atom stereocenters. The lowest BCUT2D eigenvalue weighted by atomic mass is 10.1. The van der Waals surface area contributed by atoms with Crippen LogP contribution in [0.15, 0.2) is 66.7 Å². The molecule has 198 valence electrons.